The molecule has 1 saturated carbocycles. The van der Waals surface area contributed by atoms with Crippen LogP contribution in [0.2, 0.25) is 0 Å². The minimum atomic E-state index is -3.45. The number of benzene rings is 1. The normalized spacial score (nSPS) is 15.6. The minimum Gasteiger partial charge on any atom is -0.313 e. The molecule has 0 aromatic heterocycles. The quantitative estimate of drug-likeness (QED) is 0.696. The first-order valence-electron chi connectivity index (χ1n) is 6.19. The van der Waals surface area contributed by atoms with E-state index in [1.54, 1.807) is 6.07 Å². The van der Waals surface area contributed by atoms with E-state index in [9.17, 15) is 8.42 Å². The predicted octanol–water partition coefficient (Wildman–Crippen LogP) is 1.20. The van der Waals surface area contributed by atoms with Gasteiger partial charge in [-0.05, 0) is 31.0 Å². The van der Waals surface area contributed by atoms with Gasteiger partial charge < -0.3 is 5.32 Å². The van der Waals surface area contributed by atoms with Gasteiger partial charge in [0.2, 0.25) is 0 Å². The second-order valence-electron chi connectivity index (χ2n) is 4.44. The van der Waals surface area contributed by atoms with Gasteiger partial charge in [-0.25, -0.2) is 0 Å². The van der Waals surface area contributed by atoms with Gasteiger partial charge in [0.1, 0.15) is 0 Å². The second-order valence-corrected chi connectivity index (χ2v) is 5.88. The molecule has 1 aliphatic carbocycles. The molecule has 1 aromatic carbocycles. The van der Waals surface area contributed by atoms with Gasteiger partial charge in [-0.2, -0.15) is 13.1 Å². The number of anilines is 1. The van der Waals surface area contributed by atoms with Gasteiger partial charge in [0.05, 0.1) is 5.69 Å². The molecule has 0 saturated heterocycles. The zero-order valence-electron chi connectivity index (χ0n) is 10.4. The summed E-state index contributed by atoms with van der Waals surface area (Å²) < 4.78 is 28.9. The van der Waals surface area contributed by atoms with Gasteiger partial charge in [-0.1, -0.05) is 25.1 Å². The maximum atomic E-state index is 11.8. The van der Waals surface area contributed by atoms with Gasteiger partial charge in [-0.15, -0.1) is 0 Å². The highest BCUT2D eigenvalue weighted by molar-refractivity contribution is 7.90. The Labute approximate surface area is 108 Å². The molecule has 0 bridgehead atoms. The van der Waals surface area contributed by atoms with E-state index in [1.807, 2.05) is 25.1 Å². The van der Waals surface area contributed by atoms with Crippen LogP contribution < -0.4 is 14.8 Å². The van der Waals surface area contributed by atoms with Crippen molar-refractivity contribution in [1.29, 1.82) is 0 Å². The summed E-state index contributed by atoms with van der Waals surface area (Å²) >= 11 is 0. The Hall–Kier alpha value is -1.11. The van der Waals surface area contributed by atoms with Crippen LogP contribution in [0, 0.1) is 0 Å². The van der Waals surface area contributed by atoms with Crippen molar-refractivity contribution in [3.63, 3.8) is 0 Å². The summed E-state index contributed by atoms with van der Waals surface area (Å²) in [7, 11) is -3.45. The summed E-state index contributed by atoms with van der Waals surface area (Å²) in [6.07, 6.45) is 1.86. The average molecular weight is 269 g/mol. The molecule has 0 heterocycles. The van der Waals surface area contributed by atoms with Gasteiger partial charge in [0, 0.05) is 12.6 Å². The van der Waals surface area contributed by atoms with Crippen LogP contribution in [0.4, 0.5) is 5.69 Å². The highest BCUT2D eigenvalue weighted by Gasteiger charge is 2.27. The van der Waals surface area contributed by atoms with Crippen molar-refractivity contribution in [2.45, 2.75) is 32.4 Å². The van der Waals surface area contributed by atoms with Gasteiger partial charge in [0.25, 0.3) is 10.2 Å². The Balaban J connectivity index is 2.07. The SMILES string of the molecule is CCNCc1ccccc1NS(=O)(=O)NC1CC1. The van der Waals surface area contributed by atoms with E-state index in [-0.39, 0.29) is 6.04 Å². The second kappa shape index (κ2) is 5.69. The fourth-order valence-electron chi connectivity index (χ4n) is 1.63. The van der Waals surface area contributed by atoms with Crippen LogP contribution in [0.1, 0.15) is 25.3 Å². The van der Waals surface area contributed by atoms with Crippen LogP contribution in [-0.2, 0) is 16.8 Å². The number of hydrogen-bond acceptors (Lipinski definition) is 3. The number of para-hydroxylation sites is 1. The van der Waals surface area contributed by atoms with Crippen molar-refractivity contribution in [1.82, 2.24) is 10.0 Å². The van der Waals surface area contributed by atoms with Crippen LogP contribution in [0.3, 0.4) is 0 Å². The minimum absolute atomic E-state index is 0.114. The summed E-state index contributed by atoms with van der Waals surface area (Å²) in [5.74, 6) is 0. The maximum absolute atomic E-state index is 11.8. The topological polar surface area (TPSA) is 70.2 Å². The summed E-state index contributed by atoms with van der Waals surface area (Å²) in [5, 5.41) is 3.19. The predicted molar refractivity (Wildman–Crippen MR) is 72.5 cm³/mol. The molecule has 0 spiro atoms. The van der Waals surface area contributed by atoms with Crippen molar-refractivity contribution in [3.8, 4) is 0 Å². The molecular formula is C12H19N3O2S. The third kappa shape index (κ3) is 3.97. The monoisotopic (exact) mass is 269 g/mol. The van der Waals surface area contributed by atoms with Crippen molar-refractivity contribution >= 4 is 15.9 Å². The van der Waals surface area contributed by atoms with Crippen LogP contribution >= 0.6 is 0 Å². The molecule has 100 valence electrons. The lowest BCUT2D eigenvalue weighted by Gasteiger charge is -2.13. The molecule has 0 amide bonds. The Kier molecular flexibility index (Phi) is 4.21. The molecule has 2 rings (SSSR count). The summed E-state index contributed by atoms with van der Waals surface area (Å²) in [4.78, 5) is 0. The lowest BCUT2D eigenvalue weighted by molar-refractivity contribution is 0.586. The molecule has 0 radical (unpaired) electrons. The van der Waals surface area contributed by atoms with E-state index in [0.717, 1.165) is 24.9 Å². The smallest absolute Gasteiger partial charge is 0.299 e. The summed E-state index contributed by atoms with van der Waals surface area (Å²) in [6.45, 7) is 3.52. The first-order chi connectivity index (χ1) is 8.61. The Morgan fingerprint density at radius 3 is 2.67 bits per heavy atom. The van der Waals surface area contributed by atoms with Gasteiger partial charge in [0.15, 0.2) is 0 Å². The molecular weight excluding hydrogens is 250 g/mol. The summed E-state index contributed by atoms with van der Waals surface area (Å²) in [6, 6.07) is 7.53. The first-order valence-corrected chi connectivity index (χ1v) is 7.68. The molecule has 18 heavy (non-hydrogen) atoms. The van der Waals surface area contributed by atoms with E-state index in [2.05, 4.69) is 14.8 Å². The van der Waals surface area contributed by atoms with Crippen LogP contribution in [0.25, 0.3) is 0 Å². The summed E-state index contributed by atoms with van der Waals surface area (Å²) in [5.41, 5.74) is 1.58. The molecule has 1 aliphatic rings. The van der Waals surface area contributed by atoms with E-state index in [1.165, 1.54) is 0 Å². The van der Waals surface area contributed by atoms with Gasteiger partial charge >= 0.3 is 0 Å². The van der Waals surface area contributed by atoms with Crippen molar-refractivity contribution in [2.75, 3.05) is 11.3 Å². The first kappa shape index (κ1) is 13.3. The fraction of sp³-hybridized carbons (Fsp3) is 0.500. The van der Waals surface area contributed by atoms with E-state index in [0.29, 0.717) is 12.2 Å². The zero-order valence-corrected chi connectivity index (χ0v) is 11.3. The van der Waals surface area contributed by atoms with E-state index in [4.69, 9.17) is 0 Å². The van der Waals surface area contributed by atoms with Crippen molar-refractivity contribution in [3.05, 3.63) is 29.8 Å². The number of rotatable bonds is 7. The lowest BCUT2D eigenvalue weighted by Crippen LogP contribution is -2.32. The van der Waals surface area contributed by atoms with Crippen LogP contribution in [0.15, 0.2) is 24.3 Å². The van der Waals surface area contributed by atoms with Crippen molar-refractivity contribution < 1.29 is 8.42 Å². The standard InChI is InChI=1S/C12H19N3O2S/c1-2-13-9-10-5-3-4-6-12(10)15-18(16,17)14-11-7-8-11/h3-6,11,13-15H,2,7-9H2,1H3. The van der Waals surface area contributed by atoms with Crippen LogP contribution in [0.5, 0.6) is 0 Å². The molecule has 3 N–H and O–H groups in total. The Morgan fingerprint density at radius 2 is 2.00 bits per heavy atom. The highest BCUT2D eigenvalue weighted by atomic mass is 32.2. The van der Waals surface area contributed by atoms with Crippen molar-refractivity contribution in [2.24, 2.45) is 0 Å². The molecule has 0 aliphatic heterocycles. The molecule has 5 nitrogen and oxygen atoms in total. The third-order valence-electron chi connectivity index (χ3n) is 2.73. The molecule has 6 heteroatoms. The fourth-order valence-corrected chi connectivity index (χ4v) is 2.85. The highest BCUT2D eigenvalue weighted by Crippen LogP contribution is 2.21. The lowest BCUT2D eigenvalue weighted by atomic mass is 10.2. The largest absolute Gasteiger partial charge is 0.313 e. The van der Waals surface area contributed by atoms with E-state index >= 15 is 0 Å². The number of nitrogens with one attached hydrogen (secondary N) is 3. The molecule has 1 fully saturated rings. The van der Waals surface area contributed by atoms with Crippen LogP contribution in [-0.4, -0.2) is 21.0 Å². The average Bonchev–Trinajstić information content (AvgIpc) is 3.10. The van der Waals surface area contributed by atoms with Gasteiger partial charge in [-0.3, -0.25) is 4.72 Å². The van der Waals surface area contributed by atoms with E-state index < -0.39 is 10.2 Å². The third-order valence-corrected chi connectivity index (χ3v) is 3.86. The zero-order chi connectivity index (χ0) is 13.0. The number of hydrogen-bond donors (Lipinski definition) is 3. The molecule has 0 unspecified atom stereocenters. The Bertz CT molecular complexity index is 498. The maximum Gasteiger partial charge on any atom is 0.299 e. The Morgan fingerprint density at radius 1 is 1.28 bits per heavy atom. The molecule has 0 atom stereocenters. The molecule has 1 aromatic rings.